The van der Waals surface area contributed by atoms with E-state index in [4.69, 9.17) is 20.6 Å². The van der Waals surface area contributed by atoms with Gasteiger partial charge in [0.05, 0.1) is 12.0 Å². The number of hydrogen-bond donors (Lipinski definition) is 1. The summed E-state index contributed by atoms with van der Waals surface area (Å²) >= 11 is 0. The molecule has 1 fully saturated rings. The highest BCUT2D eigenvalue weighted by atomic mass is 31.1. The molecule has 3 nitrogen and oxygen atoms in total. The van der Waals surface area contributed by atoms with Crippen molar-refractivity contribution in [1.82, 2.24) is 0 Å². The average Bonchev–Trinajstić information content (AvgIpc) is 2.57. The Morgan fingerprint density at radius 1 is 1.83 bits per heavy atom. The third-order valence-corrected chi connectivity index (χ3v) is 2.82. The fourth-order valence-electron chi connectivity index (χ4n) is 1.11. The van der Waals surface area contributed by atoms with Crippen molar-refractivity contribution >= 4 is 9.03 Å². The number of aliphatic hydroxyl groups excluding tert-OH is 1. The largest absolute Gasteiger partial charge is 0.396 e. The van der Waals surface area contributed by atoms with Gasteiger partial charge in [-0.1, -0.05) is 5.92 Å². The summed E-state index contributed by atoms with van der Waals surface area (Å²) in [7, 11) is 0.0928. The van der Waals surface area contributed by atoms with E-state index in [1.54, 1.807) is 0 Å². The minimum atomic E-state index is -0.391. The van der Waals surface area contributed by atoms with E-state index >= 15 is 0 Å². The second-order valence-corrected chi connectivity index (χ2v) is 3.73. The maximum absolute atomic E-state index is 8.80. The number of terminal acetylenes is 1. The summed E-state index contributed by atoms with van der Waals surface area (Å²) in [5, 5.41) is 8.80. The van der Waals surface area contributed by atoms with Crippen molar-refractivity contribution in [2.45, 2.75) is 19.4 Å². The van der Waals surface area contributed by atoms with Crippen LogP contribution in [0.4, 0.5) is 0 Å². The molecule has 3 unspecified atom stereocenters. The molecule has 68 valence electrons. The molecule has 0 saturated carbocycles. The van der Waals surface area contributed by atoms with Gasteiger partial charge in [-0.05, 0) is 13.3 Å². The van der Waals surface area contributed by atoms with E-state index in [9.17, 15) is 0 Å². The number of hydrogen-bond acceptors (Lipinski definition) is 3. The first-order chi connectivity index (χ1) is 5.73. The van der Waals surface area contributed by atoms with Crippen LogP contribution in [0.5, 0.6) is 0 Å². The van der Waals surface area contributed by atoms with Crippen LogP contribution >= 0.6 is 9.03 Å². The van der Waals surface area contributed by atoms with E-state index < -0.39 is 5.41 Å². The highest BCUT2D eigenvalue weighted by Gasteiger charge is 2.36. The lowest BCUT2D eigenvalue weighted by molar-refractivity contribution is 0.0999. The Morgan fingerprint density at radius 2 is 2.58 bits per heavy atom. The molecule has 1 saturated heterocycles. The van der Waals surface area contributed by atoms with E-state index in [2.05, 4.69) is 5.92 Å². The van der Waals surface area contributed by atoms with Crippen LogP contribution in [0.3, 0.4) is 0 Å². The van der Waals surface area contributed by atoms with Gasteiger partial charge in [-0.2, -0.15) is 0 Å². The molecule has 0 bridgehead atoms. The zero-order valence-electron chi connectivity index (χ0n) is 7.04. The van der Waals surface area contributed by atoms with Crippen LogP contribution in [-0.4, -0.2) is 24.4 Å². The SMILES string of the molecule is C#CC(C)(CCO)C1COPO1. The fraction of sp³-hybridized carbons (Fsp3) is 0.750. The smallest absolute Gasteiger partial charge is 0.155 e. The normalized spacial score (nSPS) is 29.9. The molecule has 1 rings (SSSR count). The Balaban J connectivity index is 2.59. The van der Waals surface area contributed by atoms with Crippen molar-refractivity contribution in [2.75, 3.05) is 13.2 Å². The first-order valence-corrected chi connectivity index (χ1v) is 4.65. The number of aliphatic hydroxyl groups is 1. The van der Waals surface area contributed by atoms with Gasteiger partial charge in [0.1, 0.15) is 6.10 Å². The lowest BCUT2D eigenvalue weighted by Gasteiger charge is -2.27. The molecule has 1 aliphatic heterocycles. The quantitative estimate of drug-likeness (QED) is 0.529. The summed E-state index contributed by atoms with van der Waals surface area (Å²) in [6.45, 7) is 2.54. The first-order valence-electron chi connectivity index (χ1n) is 3.84. The van der Waals surface area contributed by atoms with Gasteiger partial charge in [0.2, 0.25) is 0 Å². The molecule has 3 atom stereocenters. The molecule has 0 aromatic heterocycles. The summed E-state index contributed by atoms with van der Waals surface area (Å²) in [4.78, 5) is 0. The van der Waals surface area contributed by atoms with Crippen LogP contribution in [0, 0.1) is 17.8 Å². The van der Waals surface area contributed by atoms with Crippen LogP contribution in [0.15, 0.2) is 0 Å². The minimum absolute atomic E-state index is 0.0621. The zero-order chi connectivity index (χ0) is 9.03. The summed E-state index contributed by atoms with van der Waals surface area (Å²) in [5.74, 6) is 2.66. The van der Waals surface area contributed by atoms with E-state index in [0.717, 1.165) is 0 Å². The third-order valence-electron chi connectivity index (χ3n) is 2.16. The van der Waals surface area contributed by atoms with Gasteiger partial charge in [-0.25, -0.2) is 0 Å². The van der Waals surface area contributed by atoms with Gasteiger partial charge in [0, 0.05) is 6.61 Å². The summed E-state index contributed by atoms with van der Waals surface area (Å²) < 4.78 is 10.4. The van der Waals surface area contributed by atoms with Crippen molar-refractivity contribution < 1.29 is 14.2 Å². The first kappa shape index (κ1) is 9.95. The number of rotatable bonds is 3. The molecular formula is C8H13O3P. The van der Waals surface area contributed by atoms with Gasteiger partial charge >= 0.3 is 0 Å². The van der Waals surface area contributed by atoms with Gasteiger partial charge in [0.25, 0.3) is 0 Å². The molecule has 1 heterocycles. The fourth-order valence-corrected chi connectivity index (χ4v) is 1.84. The average molecular weight is 188 g/mol. The van der Waals surface area contributed by atoms with Crippen LogP contribution < -0.4 is 0 Å². The molecule has 0 amide bonds. The Bertz CT molecular complexity index is 183. The van der Waals surface area contributed by atoms with Crippen molar-refractivity contribution in [3.05, 3.63) is 0 Å². The standard InChI is InChI=1S/C8H13O3P/c1-3-8(2,4-5-9)7-6-10-12-11-7/h1,7,9,12H,4-6H2,2H3. The Kier molecular flexibility index (Phi) is 3.49. The van der Waals surface area contributed by atoms with E-state index in [0.29, 0.717) is 13.0 Å². The molecule has 0 radical (unpaired) electrons. The predicted octanol–water partition coefficient (Wildman–Crippen LogP) is 0.932. The lowest BCUT2D eigenvalue weighted by atomic mass is 9.82. The highest BCUT2D eigenvalue weighted by Crippen LogP contribution is 2.37. The predicted molar refractivity (Wildman–Crippen MR) is 47.8 cm³/mol. The van der Waals surface area contributed by atoms with Gasteiger partial charge in [-0.15, -0.1) is 6.42 Å². The van der Waals surface area contributed by atoms with Gasteiger partial charge < -0.3 is 14.2 Å². The Labute approximate surface area is 74.4 Å². The van der Waals surface area contributed by atoms with Crippen LogP contribution in [-0.2, 0) is 9.05 Å². The van der Waals surface area contributed by atoms with Crippen molar-refractivity contribution in [3.63, 3.8) is 0 Å². The monoisotopic (exact) mass is 188 g/mol. The van der Waals surface area contributed by atoms with Crippen LogP contribution in [0.2, 0.25) is 0 Å². The zero-order valence-corrected chi connectivity index (χ0v) is 8.04. The molecular weight excluding hydrogens is 175 g/mol. The molecule has 0 spiro atoms. The molecule has 0 aliphatic carbocycles. The third kappa shape index (κ3) is 1.97. The maximum Gasteiger partial charge on any atom is 0.155 e. The lowest BCUT2D eigenvalue weighted by Crippen LogP contribution is -2.33. The van der Waals surface area contributed by atoms with Crippen LogP contribution in [0.1, 0.15) is 13.3 Å². The van der Waals surface area contributed by atoms with E-state index in [1.807, 2.05) is 6.92 Å². The van der Waals surface area contributed by atoms with Crippen molar-refractivity contribution in [1.29, 1.82) is 0 Å². The van der Waals surface area contributed by atoms with Crippen LogP contribution in [0.25, 0.3) is 0 Å². The van der Waals surface area contributed by atoms with Crippen molar-refractivity contribution in [2.24, 2.45) is 5.41 Å². The summed E-state index contributed by atoms with van der Waals surface area (Å²) in [6.07, 6.45) is 5.87. The topological polar surface area (TPSA) is 38.7 Å². The molecule has 1 N–H and O–H groups in total. The highest BCUT2D eigenvalue weighted by molar-refractivity contribution is 7.26. The Hall–Kier alpha value is -0.130. The second kappa shape index (κ2) is 4.20. The van der Waals surface area contributed by atoms with E-state index in [-0.39, 0.29) is 21.7 Å². The maximum atomic E-state index is 8.80. The summed E-state index contributed by atoms with van der Waals surface area (Å²) in [6, 6.07) is 0. The van der Waals surface area contributed by atoms with E-state index in [1.165, 1.54) is 0 Å². The molecule has 0 aromatic rings. The summed E-state index contributed by atoms with van der Waals surface area (Å²) in [5.41, 5.74) is -0.391. The van der Waals surface area contributed by atoms with Crippen molar-refractivity contribution in [3.8, 4) is 12.3 Å². The molecule has 0 aromatic carbocycles. The Morgan fingerprint density at radius 3 is 3.00 bits per heavy atom. The molecule has 12 heavy (non-hydrogen) atoms. The molecule has 4 heteroatoms. The second-order valence-electron chi connectivity index (χ2n) is 3.04. The molecule has 1 aliphatic rings. The van der Waals surface area contributed by atoms with Gasteiger partial charge in [0.15, 0.2) is 9.03 Å². The van der Waals surface area contributed by atoms with Gasteiger partial charge in [-0.3, -0.25) is 0 Å². The minimum Gasteiger partial charge on any atom is -0.396 e.